The van der Waals surface area contributed by atoms with Gasteiger partial charge in [-0.1, -0.05) is 24.3 Å². The number of rotatable bonds is 6. The Hall–Kier alpha value is -2.60. The highest BCUT2D eigenvalue weighted by molar-refractivity contribution is 5.68. The number of carboxylic acid groups (broad SMARTS) is 1. The Bertz CT molecular complexity index is 735. The summed E-state index contributed by atoms with van der Waals surface area (Å²) in [6.07, 6.45) is -0.143. The van der Waals surface area contributed by atoms with Crippen LogP contribution in [0.3, 0.4) is 0 Å². The van der Waals surface area contributed by atoms with Crippen LogP contribution in [0.4, 0.5) is 4.39 Å². The lowest BCUT2D eigenvalue weighted by atomic mass is 10.0. The average molecular weight is 331 g/mol. The van der Waals surface area contributed by atoms with Gasteiger partial charge in [0.25, 0.3) is 0 Å². The van der Waals surface area contributed by atoms with Gasteiger partial charge in [0.15, 0.2) is 11.5 Å². The molecule has 5 nitrogen and oxygen atoms in total. The Morgan fingerprint density at radius 3 is 2.79 bits per heavy atom. The van der Waals surface area contributed by atoms with Crippen LogP contribution in [-0.2, 0) is 11.3 Å². The van der Waals surface area contributed by atoms with Crippen molar-refractivity contribution in [3.8, 4) is 11.5 Å². The Labute approximate surface area is 139 Å². The molecular weight excluding hydrogens is 313 g/mol. The van der Waals surface area contributed by atoms with Crippen LogP contribution in [0.5, 0.6) is 11.5 Å². The fourth-order valence-electron chi connectivity index (χ4n) is 2.71. The third kappa shape index (κ3) is 3.83. The van der Waals surface area contributed by atoms with E-state index in [2.05, 4.69) is 5.32 Å². The molecule has 0 radical (unpaired) electrons. The zero-order chi connectivity index (χ0) is 16.9. The van der Waals surface area contributed by atoms with Crippen molar-refractivity contribution < 1.29 is 23.8 Å². The summed E-state index contributed by atoms with van der Waals surface area (Å²) in [6.45, 7) is 1.38. The van der Waals surface area contributed by atoms with Gasteiger partial charge < -0.3 is 19.9 Å². The molecule has 0 saturated heterocycles. The van der Waals surface area contributed by atoms with Crippen LogP contribution in [0.2, 0.25) is 0 Å². The highest BCUT2D eigenvalue weighted by Crippen LogP contribution is 2.34. The number of ether oxygens (including phenoxy) is 2. The van der Waals surface area contributed by atoms with Crippen molar-refractivity contribution in [2.75, 3.05) is 13.2 Å². The molecule has 0 aromatic heterocycles. The number of hydrogen-bond donors (Lipinski definition) is 2. The Balaban J connectivity index is 1.78. The minimum atomic E-state index is -0.952. The predicted octanol–water partition coefficient (Wildman–Crippen LogP) is 2.90. The van der Waals surface area contributed by atoms with Crippen molar-refractivity contribution in [1.29, 1.82) is 0 Å². The number of aliphatic carboxylic acids is 1. The van der Waals surface area contributed by atoms with Crippen molar-refractivity contribution in [2.24, 2.45) is 0 Å². The molecule has 1 aliphatic rings. The minimum Gasteiger partial charge on any atom is -0.486 e. The first-order valence-corrected chi connectivity index (χ1v) is 7.71. The van der Waals surface area contributed by atoms with E-state index in [0.717, 1.165) is 5.56 Å². The van der Waals surface area contributed by atoms with Gasteiger partial charge in [-0.3, -0.25) is 4.79 Å². The van der Waals surface area contributed by atoms with Crippen LogP contribution in [-0.4, -0.2) is 24.3 Å². The van der Waals surface area contributed by atoms with E-state index < -0.39 is 17.8 Å². The zero-order valence-electron chi connectivity index (χ0n) is 13.0. The molecule has 6 heteroatoms. The van der Waals surface area contributed by atoms with Gasteiger partial charge in [-0.05, 0) is 23.8 Å². The molecule has 2 aromatic rings. The van der Waals surface area contributed by atoms with Crippen molar-refractivity contribution in [3.63, 3.8) is 0 Å². The molecule has 0 bridgehead atoms. The van der Waals surface area contributed by atoms with E-state index in [1.165, 1.54) is 12.1 Å². The standard InChI is InChI=1S/C18H18FNO4/c19-14-5-1-3-12(9-14)15(10-17(21)22)20-11-13-4-2-6-16-18(13)24-8-7-23-16/h1-6,9,15,20H,7-8,10-11H2,(H,21,22). The summed E-state index contributed by atoms with van der Waals surface area (Å²) in [5, 5.41) is 12.3. The molecule has 3 rings (SSSR count). The number of carbonyl (C=O) groups is 1. The monoisotopic (exact) mass is 331 g/mol. The van der Waals surface area contributed by atoms with Crippen LogP contribution < -0.4 is 14.8 Å². The number of benzene rings is 2. The Morgan fingerprint density at radius 2 is 2.00 bits per heavy atom. The summed E-state index contributed by atoms with van der Waals surface area (Å²) in [6, 6.07) is 11.0. The summed E-state index contributed by atoms with van der Waals surface area (Å²) < 4.78 is 24.6. The molecule has 0 fully saturated rings. The molecule has 2 N–H and O–H groups in total. The first-order chi connectivity index (χ1) is 11.6. The molecule has 1 heterocycles. The lowest BCUT2D eigenvalue weighted by Gasteiger charge is -2.23. The SMILES string of the molecule is O=C(O)CC(NCc1cccc2c1OCCO2)c1cccc(F)c1. The van der Waals surface area contributed by atoms with Gasteiger partial charge >= 0.3 is 5.97 Å². The summed E-state index contributed by atoms with van der Waals surface area (Å²) in [4.78, 5) is 11.1. The maximum atomic E-state index is 13.4. The smallest absolute Gasteiger partial charge is 0.305 e. The van der Waals surface area contributed by atoms with Crippen molar-refractivity contribution in [2.45, 2.75) is 19.0 Å². The van der Waals surface area contributed by atoms with Gasteiger partial charge in [0.2, 0.25) is 0 Å². The lowest BCUT2D eigenvalue weighted by molar-refractivity contribution is -0.137. The minimum absolute atomic E-state index is 0.143. The molecule has 1 atom stereocenters. The Kier molecular flexibility index (Phi) is 4.96. The molecule has 0 spiro atoms. The molecule has 0 amide bonds. The van der Waals surface area contributed by atoms with Gasteiger partial charge in [-0.15, -0.1) is 0 Å². The van der Waals surface area contributed by atoms with E-state index in [1.54, 1.807) is 12.1 Å². The van der Waals surface area contributed by atoms with E-state index in [0.29, 0.717) is 36.8 Å². The summed E-state index contributed by atoms with van der Waals surface area (Å²) in [5.41, 5.74) is 1.47. The van der Waals surface area contributed by atoms with E-state index in [4.69, 9.17) is 14.6 Å². The molecule has 126 valence electrons. The van der Waals surface area contributed by atoms with Crippen molar-refractivity contribution >= 4 is 5.97 Å². The third-order valence-electron chi connectivity index (χ3n) is 3.82. The topological polar surface area (TPSA) is 67.8 Å². The number of hydrogen-bond acceptors (Lipinski definition) is 4. The van der Waals surface area contributed by atoms with Crippen LogP contribution in [0.15, 0.2) is 42.5 Å². The van der Waals surface area contributed by atoms with Gasteiger partial charge in [0, 0.05) is 18.2 Å². The number of halogens is 1. The van der Waals surface area contributed by atoms with E-state index in [9.17, 15) is 9.18 Å². The fourth-order valence-corrected chi connectivity index (χ4v) is 2.71. The maximum absolute atomic E-state index is 13.4. The molecule has 24 heavy (non-hydrogen) atoms. The van der Waals surface area contributed by atoms with Gasteiger partial charge in [-0.2, -0.15) is 0 Å². The number of nitrogens with one attached hydrogen (secondary N) is 1. The highest BCUT2D eigenvalue weighted by Gasteiger charge is 2.19. The van der Waals surface area contributed by atoms with Crippen LogP contribution >= 0.6 is 0 Å². The van der Waals surface area contributed by atoms with Crippen LogP contribution in [0, 0.1) is 5.82 Å². The number of carboxylic acids is 1. The van der Waals surface area contributed by atoms with Crippen LogP contribution in [0.25, 0.3) is 0 Å². The molecule has 0 aliphatic carbocycles. The lowest BCUT2D eigenvalue weighted by Crippen LogP contribution is -2.25. The third-order valence-corrected chi connectivity index (χ3v) is 3.82. The molecule has 1 unspecified atom stereocenters. The van der Waals surface area contributed by atoms with Crippen molar-refractivity contribution in [3.05, 3.63) is 59.4 Å². The van der Waals surface area contributed by atoms with E-state index in [1.807, 2.05) is 18.2 Å². The predicted molar refractivity (Wildman–Crippen MR) is 85.7 cm³/mol. The summed E-state index contributed by atoms with van der Waals surface area (Å²) >= 11 is 0. The second-order valence-corrected chi connectivity index (χ2v) is 5.53. The first-order valence-electron chi connectivity index (χ1n) is 7.71. The summed E-state index contributed by atoms with van der Waals surface area (Å²) in [7, 11) is 0. The van der Waals surface area contributed by atoms with E-state index >= 15 is 0 Å². The van der Waals surface area contributed by atoms with Crippen molar-refractivity contribution in [1.82, 2.24) is 5.32 Å². The molecular formula is C18H18FNO4. The molecule has 0 saturated carbocycles. The Morgan fingerprint density at radius 1 is 1.21 bits per heavy atom. The number of para-hydroxylation sites is 1. The largest absolute Gasteiger partial charge is 0.486 e. The highest BCUT2D eigenvalue weighted by atomic mass is 19.1. The first kappa shape index (κ1) is 16.3. The molecule has 1 aliphatic heterocycles. The number of fused-ring (bicyclic) bond motifs is 1. The zero-order valence-corrected chi connectivity index (χ0v) is 13.0. The quantitative estimate of drug-likeness (QED) is 0.852. The second-order valence-electron chi connectivity index (χ2n) is 5.53. The summed E-state index contributed by atoms with van der Waals surface area (Å²) in [5.74, 6) is 0.00982. The maximum Gasteiger partial charge on any atom is 0.305 e. The van der Waals surface area contributed by atoms with Crippen LogP contribution in [0.1, 0.15) is 23.6 Å². The fraction of sp³-hybridized carbons (Fsp3) is 0.278. The molecule has 2 aromatic carbocycles. The van der Waals surface area contributed by atoms with E-state index in [-0.39, 0.29) is 6.42 Å². The second kappa shape index (κ2) is 7.31. The average Bonchev–Trinajstić information content (AvgIpc) is 2.58. The van der Waals surface area contributed by atoms with Gasteiger partial charge in [0.1, 0.15) is 19.0 Å². The van der Waals surface area contributed by atoms with Gasteiger partial charge in [0.05, 0.1) is 6.42 Å². The van der Waals surface area contributed by atoms with Gasteiger partial charge in [-0.25, -0.2) is 4.39 Å². The normalized spacial score (nSPS) is 14.2.